The van der Waals surface area contributed by atoms with Gasteiger partial charge >= 0.3 is 5.97 Å². The number of aryl methyl sites for hydroxylation is 2. The molecule has 3 rings (SSSR count). The van der Waals surface area contributed by atoms with Gasteiger partial charge in [0.05, 0.1) is 19.8 Å². The maximum absolute atomic E-state index is 11.6. The van der Waals surface area contributed by atoms with Crippen molar-refractivity contribution in [1.29, 1.82) is 0 Å². The van der Waals surface area contributed by atoms with E-state index in [1.165, 1.54) is 0 Å². The summed E-state index contributed by atoms with van der Waals surface area (Å²) in [7, 11) is 0. The van der Waals surface area contributed by atoms with Crippen molar-refractivity contribution < 1.29 is 19.4 Å². The molecule has 2 fully saturated rings. The van der Waals surface area contributed by atoms with Crippen LogP contribution >= 0.6 is 0 Å². The zero-order valence-corrected chi connectivity index (χ0v) is 12.4. The molecule has 0 amide bonds. The summed E-state index contributed by atoms with van der Waals surface area (Å²) in [4.78, 5) is 18.0. The van der Waals surface area contributed by atoms with E-state index in [1.54, 1.807) is 6.07 Å². The van der Waals surface area contributed by atoms with Crippen LogP contribution in [0.5, 0.6) is 0 Å². The zero-order valence-electron chi connectivity index (χ0n) is 12.4. The number of aromatic nitrogens is 1. The number of carboxylic acids is 1. The Morgan fingerprint density at radius 1 is 1.38 bits per heavy atom. The Morgan fingerprint density at radius 2 is 2.10 bits per heavy atom. The average Bonchev–Trinajstić information content (AvgIpc) is 2.85. The third-order valence-corrected chi connectivity index (χ3v) is 4.07. The summed E-state index contributed by atoms with van der Waals surface area (Å²) in [5, 5.41) is 9.50. The van der Waals surface area contributed by atoms with E-state index in [0.717, 1.165) is 30.6 Å². The topological polar surface area (TPSA) is 71.9 Å². The van der Waals surface area contributed by atoms with Crippen LogP contribution in [-0.2, 0) is 9.47 Å². The van der Waals surface area contributed by atoms with E-state index in [0.29, 0.717) is 25.6 Å². The lowest BCUT2D eigenvalue weighted by Crippen LogP contribution is -2.49. The molecule has 3 heterocycles. The fraction of sp³-hybridized carbons (Fsp3) is 0.600. The van der Waals surface area contributed by atoms with E-state index < -0.39 is 11.8 Å². The predicted octanol–water partition coefficient (Wildman–Crippen LogP) is 1.74. The molecule has 0 saturated carbocycles. The number of nitrogens with zero attached hydrogens (tertiary/aromatic N) is 2. The Bertz CT molecular complexity index is 567. The van der Waals surface area contributed by atoms with Crippen molar-refractivity contribution in [1.82, 2.24) is 4.98 Å². The highest BCUT2D eigenvalue weighted by Gasteiger charge is 2.42. The average molecular weight is 292 g/mol. The van der Waals surface area contributed by atoms with Crippen molar-refractivity contribution in [3.05, 3.63) is 22.9 Å². The van der Waals surface area contributed by atoms with Crippen LogP contribution < -0.4 is 4.90 Å². The monoisotopic (exact) mass is 292 g/mol. The van der Waals surface area contributed by atoms with Gasteiger partial charge in [0.1, 0.15) is 11.4 Å². The van der Waals surface area contributed by atoms with Gasteiger partial charge in [0, 0.05) is 18.7 Å². The summed E-state index contributed by atoms with van der Waals surface area (Å²) < 4.78 is 11.5. The highest BCUT2D eigenvalue weighted by atomic mass is 16.7. The summed E-state index contributed by atoms with van der Waals surface area (Å²) in [6.07, 6.45) is 1.74. The molecule has 2 aliphatic heterocycles. The van der Waals surface area contributed by atoms with Gasteiger partial charge in [-0.2, -0.15) is 0 Å². The lowest BCUT2D eigenvalue weighted by Gasteiger charge is -2.39. The molecule has 0 aromatic carbocycles. The Labute approximate surface area is 123 Å². The fourth-order valence-corrected chi connectivity index (χ4v) is 3.21. The number of hydrogen-bond donors (Lipinski definition) is 1. The van der Waals surface area contributed by atoms with Crippen molar-refractivity contribution in [2.75, 3.05) is 31.2 Å². The van der Waals surface area contributed by atoms with E-state index in [-0.39, 0.29) is 5.56 Å². The first-order valence-corrected chi connectivity index (χ1v) is 7.25. The summed E-state index contributed by atoms with van der Waals surface area (Å²) >= 11 is 0. The lowest BCUT2D eigenvalue weighted by atomic mass is 10.0. The van der Waals surface area contributed by atoms with Crippen LogP contribution in [0.2, 0.25) is 0 Å². The van der Waals surface area contributed by atoms with Gasteiger partial charge in [-0.15, -0.1) is 0 Å². The first kappa shape index (κ1) is 14.3. The van der Waals surface area contributed by atoms with Crippen LogP contribution in [0.1, 0.15) is 34.5 Å². The minimum atomic E-state index is -0.942. The Balaban J connectivity index is 1.97. The first-order valence-electron chi connectivity index (χ1n) is 7.25. The Hall–Kier alpha value is -1.66. The minimum Gasteiger partial charge on any atom is -0.478 e. The summed E-state index contributed by atoms with van der Waals surface area (Å²) in [5.41, 5.74) is 1.83. The fourth-order valence-electron chi connectivity index (χ4n) is 3.21. The number of anilines is 1. The van der Waals surface area contributed by atoms with Gasteiger partial charge in [-0.3, -0.25) is 0 Å². The molecule has 0 aliphatic carbocycles. The molecule has 21 heavy (non-hydrogen) atoms. The molecule has 6 nitrogen and oxygen atoms in total. The molecule has 1 aromatic heterocycles. The van der Waals surface area contributed by atoms with Gasteiger partial charge in [-0.25, -0.2) is 9.78 Å². The number of rotatable bonds is 2. The molecule has 2 saturated heterocycles. The first-order chi connectivity index (χ1) is 10.0. The number of ether oxygens (including phenoxy) is 2. The van der Waals surface area contributed by atoms with E-state index in [4.69, 9.17) is 9.47 Å². The molecule has 1 N–H and O–H groups in total. The zero-order chi connectivity index (χ0) is 15.0. The van der Waals surface area contributed by atoms with Gasteiger partial charge in [0.2, 0.25) is 0 Å². The molecule has 0 atom stereocenters. The lowest BCUT2D eigenvalue weighted by molar-refractivity contribution is -0.161. The minimum absolute atomic E-state index is 0.274. The van der Waals surface area contributed by atoms with Crippen LogP contribution in [0, 0.1) is 13.8 Å². The standard InChI is InChI=1S/C15H20N2O4/c1-10-8-11(2)16-13(12(10)14(18)19)17-5-3-4-15(9-17)20-6-7-21-15/h8H,3-7,9H2,1-2H3,(H,18,19). The van der Waals surface area contributed by atoms with Crippen LogP contribution in [-0.4, -0.2) is 48.2 Å². The van der Waals surface area contributed by atoms with Crippen LogP contribution in [0.4, 0.5) is 5.82 Å². The molecule has 1 aromatic rings. The van der Waals surface area contributed by atoms with Crippen molar-refractivity contribution in [2.45, 2.75) is 32.5 Å². The van der Waals surface area contributed by atoms with Crippen molar-refractivity contribution >= 4 is 11.8 Å². The smallest absolute Gasteiger partial charge is 0.339 e. The van der Waals surface area contributed by atoms with Crippen LogP contribution in [0.3, 0.4) is 0 Å². The molecule has 0 unspecified atom stereocenters. The van der Waals surface area contributed by atoms with Crippen molar-refractivity contribution in [2.24, 2.45) is 0 Å². The third-order valence-electron chi connectivity index (χ3n) is 4.07. The second-order valence-corrected chi connectivity index (χ2v) is 5.72. The number of hydrogen-bond acceptors (Lipinski definition) is 5. The van der Waals surface area contributed by atoms with Gasteiger partial charge in [-0.1, -0.05) is 0 Å². The molecule has 6 heteroatoms. The Morgan fingerprint density at radius 3 is 2.76 bits per heavy atom. The maximum Gasteiger partial charge on any atom is 0.339 e. The summed E-state index contributed by atoms with van der Waals surface area (Å²) in [6.45, 7) is 6.18. The van der Waals surface area contributed by atoms with Crippen molar-refractivity contribution in [3.8, 4) is 0 Å². The molecule has 1 spiro atoms. The normalized spacial score (nSPS) is 21.0. The number of pyridine rings is 1. The number of aromatic carboxylic acids is 1. The number of carboxylic acid groups (broad SMARTS) is 1. The van der Waals surface area contributed by atoms with E-state index in [2.05, 4.69) is 4.98 Å². The highest BCUT2D eigenvalue weighted by Crippen LogP contribution is 2.33. The SMILES string of the molecule is Cc1cc(C)c(C(=O)O)c(N2CCCC3(C2)OCCO3)n1. The largest absolute Gasteiger partial charge is 0.478 e. The number of piperidine rings is 1. The summed E-state index contributed by atoms with van der Waals surface area (Å²) in [5.74, 6) is -1.01. The third kappa shape index (κ3) is 2.61. The van der Waals surface area contributed by atoms with Gasteiger partial charge in [0.15, 0.2) is 5.79 Å². The van der Waals surface area contributed by atoms with E-state index >= 15 is 0 Å². The van der Waals surface area contributed by atoms with Gasteiger partial charge in [-0.05, 0) is 31.9 Å². The molecule has 2 aliphatic rings. The molecular weight excluding hydrogens is 272 g/mol. The molecular formula is C15H20N2O4. The van der Waals surface area contributed by atoms with Gasteiger partial charge < -0.3 is 19.5 Å². The van der Waals surface area contributed by atoms with Crippen LogP contribution in [0.25, 0.3) is 0 Å². The second-order valence-electron chi connectivity index (χ2n) is 5.72. The van der Waals surface area contributed by atoms with E-state index in [1.807, 2.05) is 18.7 Å². The Kier molecular flexibility index (Phi) is 3.59. The second kappa shape index (κ2) is 5.27. The quantitative estimate of drug-likeness (QED) is 0.895. The molecule has 0 radical (unpaired) electrons. The number of carbonyl (C=O) groups is 1. The van der Waals surface area contributed by atoms with Crippen molar-refractivity contribution in [3.63, 3.8) is 0 Å². The molecule has 0 bridgehead atoms. The molecule has 114 valence electrons. The maximum atomic E-state index is 11.6. The van der Waals surface area contributed by atoms with Gasteiger partial charge in [0.25, 0.3) is 0 Å². The van der Waals surface area contributed by atoms with E-state index in [9.17, 15) is 9.90 Å². The highest BCUT2D eigenvalue weighted by molar-refractivity contribution is 5.95. The van der Waals surface area contributed by atoms with Crippen LogP contribution in [0.15, 0.2) is 6.07 Å². The predicted molar refractivity (Wildman–Crippen MR) is 76.8 cm³/mol. The summed E-state index contributed by atoms with van der Waals surface area (Å²) in [6, 6.07) is 1.80.